The molecule has 0 aliphatic carbocycles. The lowest BCUT2D eigenvalue weighted by Gasteiger charge is -2.24. The third kappa shape index (κ3) is 4.98. The zero-order chi connectivity index (χ0) is 19.1. The number of likely N-dealkylation sites (tertiary alicyclic amines) is 1. The normalized spacial score (nSPS) is 19.4. The molecule has 0 saturated carbocycles. The first-order valence-electron chi connectivity index (χ1n) is 8.47. The van der Waals surface area contributed by atoms with E-state index in [9.17, 15) is 19.5 Å². The summed E-state index contributed by atoms with van der Waals surface area (Å²) in [6.45, 7) is 3.08. The first-order valence-corrected chi connectivity index (χ1v) is 9.45. The molecule has 1 fully saturated rings. The molecule has 1 saturated heterocycles. The second-order valence-corrected chi connectivity index (χ2v) is 7.12. The van der Waals surface area contributed by atoms with Crippen LogP contribution in [-0.4, -0.2) is 66.4 Å². The molecule has 1 aliphatic heterocycles. The van der Waals surface area contributed by atoms with Gasteiger partial charge >= 0.3 is 5.97 Å². The van der Waals surface area contributed by atoms with Gasteiger partial charge in [-0.2, -0.15) is 0 Å². The van der Waals surface area contributed by atoms with Crippen LogP contribution in [0.3, 0.4) is 0 Å². The number of methoxy groups -OCH3 is 1. The van der Waals surface area contributed by atoms with Crippen molar-refractivity contribution in [2.45, 2.75) is 24.3 Å². The van der Waals surface area contributed by atoms with E-state index in [1.165, 1.54) is 11.8 Å². The summed E-state index contributed by atoms with van der Waals surface area (Å²) in [4.78, 5) is 38.3. The van der Waals surface area contributed by atoms with Gasteiger partial charge in [0.15, 0.2) is 0 Å². The number of carboxylic acids is 1. The summed E-state index contributed by atoms with van der Waals surface area (Å²) in [7, 11) is 1.57. The molecule has 2 rings (SSSR count). The molecule has 1 aromatic rings. The summed E-state index contributed by atoms with van der Waals surface area (Å²) in [5, 5.41) is 12.0. The fourth-order valence-electron chi connectivity index (χ4n) is 2.97. The van der Waals surface area contributed by atoms with Crippen LogP contribution in [0.4, 0.5) is 0 Å². The number of nitrogens with one attached hydrogen (secondary N) is 1. The number of hydrogen-bond donors (Lipinski definition) is 2. The van der Waals surface area contributed by atoms with Crippen molar-refractivity contribution in [2.75, 3.05) is 32.6 Å². The summed E-state index contributed by atoms with van der Waals surface area (Å²) in [6.07, 6.45) is 0.458. The highest BCUT2D eigenvalue weighted by molar-refractivity contribution is 8.00. The number of hydrogen-bond acceptors (Lipinski definition) is 5. The van der Waals surface area contributed by atoms with Gasteiger partial charge in [-0.3, -0.25) is 14.4 Å². The predicted molar refractivity (Wildman–Crippen MR) is 98.3 cm³/mol. The van der Waals surface area contributed by atoms with E-state index >= 15 is 0 Å². The Morgan fingerprint density at radius 2 is 2.08 bits per heavy atom. The number of amides is 2. The summed E-state index contributed by atoms with van der Waals surface area (Å²) in [6, 6.07) is 6.75. The first kappa shape index (κ1) is 20.3. The van der Waals surface area contributed by atoms with E-state index < -0.39 is 11.9 Å². The zero-order valence-electron chi connectivity index (χ0n) is 14.9. The molecule has 1 aromatic carbocycles. The summed E-state index contributed by atoms with van der Waals surface area (Å²) in [5.74, 6) is -1.53. The summed E-state index contributed by atoms with van der Waals surface area (Å²) in [5.41, 5.74) is 0.500. The standard InChI is InChI=1S/C18H24N2O5S/c1-12-13(18(23)24)7-9-20(12)17(22)14-5-3-4-6-15(14)26-11-16(21)19-8-10-25-2/h3-6,12-13H,7-11H2,1-2H3,(H,19,21)(H,23,24). The second-order valence-electron chi connectivity index (χ2n) is 6.10. The van der Waals surface area contributed by atoms with Crippen LogP contribution in [-0.2, 0) is 14.3 Å². The number of carbonyl (C=O) groups is 3. The molecule has 0 spiro atoms. The van der Waals surface area contributed by atoms with E-state index in [-0.39, 0.29) is 23.6 Å². The third-order valence-corrected chi connectivity index (χ3v) is 5.51. The molecule has 142 valence electrons. The van der Waals surface area contributed by atoms with Crippen LogP contribution in [0.1, 0.15) is 23.7 Å². The number of nitrogens with zero attached hydrogens (tertiary/aromatic N) is 1. The molecule has 0 radical (unpaired) electrons. The lowest BCUT2D eigenvalue weighted by molar-refractivity contribution is -0.142. The number of benzene rings is 1. The van der Waals surface area contributed by atoms with E-state index in [0.717, 1.165) is 0 Å². The van der Waals surface area contributed by atoms with Crippen molar-refractivity contribution in [1.82, 2.24) is 10.2 Å². The van der Waals surface area contributed by atoms with Crippen LogP contribution in [0.2, 0.25) is 0 Å². The van der Waals surface area contributed by atoms with Gasteiger partial charge in [0.05, 0.1) is 23.8 Å². The van der Waals surface area contributed by atoms with Crippen molar-refractivity contribution < 1.29 is 24.2 Å². The third-order valence-electron chi connectivity index (χ3n) is 4.44. The van der Waals surface area contributed by atoms with Crippen LogP contribution in [0.15, 0.2) is 29.2 Å². The number of thioether (sulfide) groups is 1. The van der Waals surface area contributed by atoms with Crippen molar-refractivity contribution >= 4 is 29.5 Å². The smallest absolute Gasteiger partial charge is 0.308 e. The van der Waals surface area contributed by atoms with Crippen LogP contribution >= 0.6 is 11.8 Å². The van der Waals surface area contributed by atoms with E-state index in [0.29, 0.717) is 36.6 Å². The Kier molecular flexibility index (Phi) is 7.47. The minimum absolute atomic E-state index is 0.130. The number of aliphatic carboxylic acids is 1. The zero-order valence-corrected chi connectivity index (χ0v) is 15.8. The lowest BCUT2D eigenvalue weighted by Crippen LogP contribution is -2.37. The highest BCUT2D eigenvalue weighted by Crippen LogP contribution is 2.29. The summed E-state index contributed by atoms with van der Waals surface area (Å²) >= 11 is 1.29. The predicted octanol–water partition coefficient (Wildman–Crippen LogP) is 1.48. The quantitative estimate of drug-likeness (QED) is 0.524. The van der Waals surface area contributed by atoms with E-state index in [1.54, 1.807) is 37.1 Å². The monoisotopic (exact) mass is 380 g/mol. The number of rotatable bonds is 8. The molecule has 26 heavy (non-hydrogen) atoms. The molecule has 8 heteroatoms. The molecule has 2 N–H and O–H groups in total. The highest BCUT2D eigenvalue weighted by atomic mass is 32.2. The Labute approximate surface area is 157 Å². The van der Waals surface area contributed by atoms with Gasteiger partial charge in [0, 0.05) is 31.1 Å². The van der Waals surface area contributed by atoms with E-state index in [1.807, 2.05) is 6.07 Å². The van der Waals surface area contributed by atoms with Gasteiger partial charge in [0.25, 0.3) is 5.91 Å². The number of ether oxygens (including phenoxy) is 1. The SMILES string of the molecule is COCCNC(=O)CSc1ccccc1C(=O)N1CCC(C(=O)O)C1C. The minimum atomic E-state index is -0.872. The molecule has 1 aliphatic rings. The van der Waals surface area contributed by atoms with Crippen molar-refractivity contribution in [3.05, 3.63) is 29.8 Å². The number of carboxylic acid groups (broad SMARTS) is 1. The summed E-state index contributed by atoms with van der Waals surface area (Å²) < 4.78 is 4.88. The maximum absolute atomic E-state index is 12.9. The Morgan fingerprint density at radius 3 is 2.73 bits per heavy atom. The van der Waals surface area contributed by atoms with Gasteiger partial charge in [-0.15, -0.1) is 11.8 Å². The van der Waals surface area contributed by atoms with Crippen molar-refractivity contribution in [2.24, 2.45) is 5.92 Å². The van der Waals surface area contributed by atoms with Crippen molar-refractivity contribution in [3.8, 4) is 0 Å². The first-order chi connectivity index (χ1) is 12.5. The molecule has 2 amide bonds. The molecular formula is C18H24N2O5S. The maximum Gasteiger partial charge on any atom is 0.308 e. The fourth-order valence-corrected chi connectivity index (χ4v) is 3.84. The van der Waals surface area contributed by atoms with Gasteiger partial charge in [-0.1, -0.05) is 12.1 Å². The second kappa shape index (κ2) is 9.59. The average molecular weight is 380 g/mol. The fraction of sp³-hybridized carbons (Fsp3) is 0.500. The number of carbonyl (C=O) groups excluding carboxylic acids is 2. The Balaban J connectivity index is 2.03. The van der Waals surface area contributed by atoms with Crippen LogP contribution in [0.5, 0.6) is 0 Å². The highest BCUT2D eigenvalue weighted by Gasteiger charge is 2.38. The van der Waals surface area contributed by atoms with Crippen molar-refractivity contribution in [1.29, 1.82) is 0 Å². The van der Waals surface area contributed by atoms with Crippen LogP contribution < -0.4 is 5.32 Å². The molecule has 2 unspecified atom stereocenters. The largest absolute Gasteiger partial charge is 0.481 e. The molecule has 2 atom stereocenters. The Hall–Kier alpha value is -2.06. The topological polar surface area (TPSA) is 95.9 Å². The molecular weight excluding hydrogens is 356 g/mol. The van der Waals surface area contributed by atoms with Gasteiger partial charge in [0.2, 0.25) is 5.91 Å². The van der Waals surface area contributed by atoms with Crippen LogP contribution in [0.25, 0.3) is 0 Å². The van der Waals surface area contributed by atoms with Crippen LogP contribution in [0, 0.1) is 5.92 Å². The van der Waals surface area contributed by atoms with Gasteiger partial charge in [-0.05, 0) is 25.5 Å². The minimum Gasteiger partial charge on any atom is -0.481 e. The molecule has 7 nitrogen and oxygen atoms in total. The van der Waals surface area contributed by atoms with Gasteiger partial charge in [0.1, 0.15) is 0 Å². The van der Waals surface area contributed by atoms with Crippen molar-refractivity contribution in [3.63, 3.8) is 0 Å². The van der Waals surface area contributed by atoms with E-state index in [4.69, 9.17) is 4.74 Å². The Bertz CT molecular complexity index is 667. The molecule has 0 aromatic heterocycles. The lowest BCUT2D eigenvalue weighted by atomic mass is 10.0. The molecule has 1 heterocycles. The van der Waals surface area contributed by atoms with Gasteiger partial charge in [-0.25, -0.2) is 0 Å². The Morgan fingerprint density at radius 1 is 1.35 bits per heavy atom. The van der Waals surface area contributed by atoms with E-state index in [2.05, 4.69) is 5.32 Å². The average Bonchev–Trinajstić information content (AvgIpc) is 3.01. The molecule has 0 bridgehead atoms. The van der Waals surface area contributed by atoms with Gasteiger partial charge < -0.3 is 20.1 Å². The maximum atomic E-state index is 12.9.